The van der Waals surface area contributed by atoms with E-state index >= 15 is 0 Å². The zero-order valence-corrected chi connectivity index (χ0v) is 8.76. The first-order valence-corrected chi connectivity index (χ1v) is 4.97. The van der Waals surface area contributed by atoms with Crippen LogP contribution in [0.2, 0.25) is 0 Å². The highest BCUT2D eigenvalue weighted by Gasteiger charge is 2.63. The predicted molar refractivity (Wildman–Crippen MR) is 52.0 cm³/mol. The van der Waals surface area contributed by atoms with Crippen molar-refractivity contribution in [2.24, 2.45) is 5.41 Å². The van der Waals surface area contributed by atoms with E-state index in [4.69, 9.17) is 5.11 Å². The fourth-order valence-electron chi connectivity index (χ4n) is 1.88. The Bertz CT molecular complexity index is 290. The molecule has 0 aromatic rings. The third kappa shape index (κ3) is 2.21. The van der Waals surface area contributed by atoms with Gasteiger partial charge in [0.1, 0.15) is 0 Å². The first kappa shape index (κ1) is 13.0. The molecular weight excluding hydrogens is 223 g/mol. The second-order valence-electron chi connectivity index (χ2n) is 3.99. The van der Waals surface area contributed by atoms with Gasteiger partial charge in [0.25, 0.3) is 0 Å². The molecule has 1 fully saturated rings. The zero-order chi connectivity index (χ0) is 12.4. The van der Waals surface area contributed by atoms with Crippen molar-refractivity contribution in [1.29, 1.82) is 0 Å². The fraction of sp³-hybridized carbons (Fsp3) is 0.700. The van der Waals surface area contributed by atoms with E-state index < -0.39 is 24.1 Å². The first-order chi connectivity index (χ1) is 7.33. The second-order valence-corrected chi connectivity index (χ2v) is 3.99. The van der Waals surface area contributed by atoms with Gasteiger partial charge in [0.05, 0.1) is 0 Å². The van der Waals surface area contributed by atoms with Crippen molar-refractivity contribution in [3.8, 4) is 0 Å². The van der Waals surface area contributed by atoms with Crippen molar-refractivity contribution < 1.29 is 23.1 Å². The summed E-state index contributed by atoms with van der Waals surface area (Å²) in [5.41, 5.74) is -2.59. The van der Waals surface area contributed by atoms with Crippen LogP contribution in [0.3, 0.4) is 0 Å². The van der Waals surface area contributed by atoms with Gasteiger partial charge in [0.15, 0.2) is 5.41 Å². The van der Waals surface area contributed by atoms with Crippen molar-refractivity contribution in [3.05, 3.63) is 12.7 Å². The van der Waals surface area contributed by atoms with Gasteiger partial charge in [0, 0.05) is 13.1 Å². The molecule has 1 unspecified atom stereocenters. The molecule has 0 saturated carbocycles. The van der Waals surface area contributed by atoms with E-state index in [1.54, 1.807) is 6.08 Å². The molecule has 0 aromatic heterocycles. The van der Waals surface area contributed by atoms with Crippen molar-refractivity contribution in [2.75, 3.05) is 19.6 Å². The lowest BCUT2D eigenvalue weighted by Gasteiger charge is -2.27. The van der Waals surface area contributed by atoms with E-state index in [2.05, 4.69) is 6.58 Å². The molecule has 0 radical (unpaired) electrons. The number of nitrogens with zero attached hydrogens (tertiary/aromatic N) is 1. The van der Waals surface area contributed by atoms with E-state index in [-0.39, 0.29) is 13.0 Å². The van der Waals surface area contributed by atoms with E-state index in [9.17, 15) is 18.0 Å². The molecule has 0 amide bonds. The zero-order valence-electron chi connectivity index (χ0n) is 8.76. The minimum Gasteiger partial charge on any atom is -0.481 e. The highest BCUT2D eigenvalue weighted by Crippen LogP contribution is 2.45. The van der Waals surface area contributed by atoms with E-state index in [0.717, 1.165) is 0 Å². The normalized spacial score (nSPS) is 26.9. The van der Waals surface area contributed by atoms with Gasteiger partial charge in [-0.25, -0.2) is 0 Å². The Balaban J connectivity index is 2.77. The predicted octanol–water partition coefficient (Wildman–Crippen LogP) is 1.90. The standard InChI is InChI=1S/C10H14F3NO2/c1-2-3-5-14-6-4-9(7-14,8(15)16)10(11,12)13/h2H,1,3-7H2,(H,15,16). The van der Waals surface area contributed by atoms with Crippen molar-refractivity contribution in [2.45, 2.75) is 19.0 Å². The monoisotopic (exact) mass is 237 g/mol. The van der Waals surface area contributed by atoms with Gasteiger partial charge >= 0.3 is 12.1 Å². The fourth-order valence-corrected chi connectivity index (χ4v) is 1.88. The summed E-state index contributed by atoms with van der Waals surface area (Å²) >= 11 is 0. The molecule has 6 heteroatoms. The third-order valence-electron chi connectivity index (χ3n) is 2.95. The van der Waals surface area contributed by atoms with Crippen LogP contribution >= 0.6 is 0 Å². The molecule has 16 heavy (non-hydrogen) atoms. The number of carboxylic acid groups (broad SMARTS) is 1. The average molecular weight is 237 g/mol. The summed E-state index contributed by atoms with van der Waals surface area (Å²) in [6.07, 6.45) is -2.90. The van der Waals surface area contributed by atoms with Crippen LogP contribution in [0.4, 0.5) is 13.2 Å². The Morgan fingerprint density at radius 3 is 2.56 bits per heavy atom. The van der Waals surface area contributed by atoms with Crippen LogP contribution in [0.1, 0.15) is 12.8 Å². The van der Waals surface area contributed by atoms with Crippen LogP contribution in [0.15, 0.2) is 12.7 Å². The minimum atomic E-state index is -4.69. The Hall–Kier alpha value is -1.04. The van der Waals surface area contributed by atoms with Crippen LogP contribution in [0, 0.1) is 5.41 Å². The van der Waals surface area contributed by atoms with Gasteiger partial charge in [-0.1, -0.05) is 6.08 Å². The molecule has 1 N–H and O–H groups in total. The van der Waals surface area contributed by atoms with Gasteiger partial charge in [-0.3, -0.25) is 4.79 Å². The van der Waals surface area contributed by atoms with Crippen LogP contribution in [-0.2, 0) is 4.79 Å². The number of aliphatic carboxylic acids is 1. The number of carboxylic acids is 1. The molecule has 0 aromatic carbocycles. The Morgan fingerprint density at radius 2 is 2.19 bits per heavy atom. The van der Waals surface area contributed by atoms with E-state index in [1.807, 2.05) is 0 Å². The van der Waals surface area contributed by atoms with Crippen molar-refractivity contribution in [3.63, 3.8) is 0 Å². The van der Waals surface area contributed by atoms with Crippen LogP contribution in [0.25, 0.3) is 0 Å². The summed E-state index contributed by atoms with van der Waals surface area (Å²) in [4.78, 5) is 12.3. The number of hydrogen-bond donors (Lipinski definition) is 1. The topological polar surface area (TPSA) is 40.5 Å². The van der Waals surface area contributed by atoms with Gasteiger partial charge in [0.2, 0.25) is 0 Å². The first-order valence-electron chi connectivity index (χ1n) is 4.97. The second kappa shape index (κ2) is 4.45. The number of alkyl halides is 3. The van der Waals surface area contributed by atoms with Gasteiger partial charge < -0.3 is 10.0 Å². The van der Waals surface area contributed by atoms with Crippen LogP contribution < -0.4 is 0 Å². The van der Waals surface area contributed by atoms with Crippen LogP contribution in [0.5, 0.6) is 0 Å². The highest BCUT2D eigenvalue weighted by molar-refractivity contribution is 5.76. The lowest BCUT2D eigenvalue weighted by atomic mass is 9.86. The molecule has 0 aliphatic carbocycles. The summed E-state index contributed by atoms with van der Waals surface area (Å²) in [6, 6.07) is 0. The molecular formula is C10H14F3NO2. The number of likely N-dealkylation sites (tertiary alicyclic amines) is 1. The Morgan fingerprint density at radius 1 is 1.56 bits per heavy atom. The summed E-state index contributed by atoms with van der Waals surface area (Å²) < 4.78 is 38.2. The maximum atomic E-state index is 12.7. The maximum Gasteiger partial charge on any atom is 0.406 e. The summed E-state index contributed by atoms with van der Waals surface area (Å²) in [7, 11) is 0. The maximum absolute atomic E-state index is 12.7. The summed E-state index contributed by atoms with van der Waals surface area (Å²) in [6.45, 7) is 3.61. The smallest absolute Gasteiger partial charge is 0.406 e. The minimum absolute atomic E-state index is 0.166. The van der Waals surface area contributed by atoms with Crippen LogP contribution in [-0.4, -0.2) is 41.8 Å². The molecule has 92 valence electrons. The lowest BCUT2D eigenvalue weighted by Crippen LogP contribution is -2.47. The number of hydrogen-bond acceptors (Lipinski definition) is 2. The third-order valence-corrected chi connectivity index (χ3v) is 2.95. The van der Waals surface area contributed by atoms with Gasteiger partial charge in [-0.05, 0) is 19.4 Å². The van der Waals surface area contributed by atoms with Crippen molar-refractivity contribution >= 4 is 5.97 Å². The molecule has 1 aliphatic rings. The average Bonchev–Trinajstić information content (AvgIpc) is 2.58. The Kier molecular flexibility index (Phi) is 3.62. The van der Waals surface area contributed by atoms with Crippen molar-refractivity contribution in [1.82, 2.24) is 4.90 Å². The Labute approximate surface area is 91.5 Å². The van der Waals surface area contributed by atoms with Gasteiger partial charge in [-0.15, -0.1) is 6.58 Å². The molecule has 3 nitrogen and oxygen atoms in total. The van der Waals surface area contributed by atoms with E-state index in [1.165, 1.54) is 4.90 Å². The molecule has 0 bridgehead atoms. The summed E-state index contributed by atoms with van der Waals surface area (Å²) in [5, 5.41) is 8.78. The molecule has 1 atom stereocenters. The molecule has 1 rings (SSSR count). The summed E-state index contributed by atoms with van der Waals surface area (Å²) in [5.74, 6) is -1.78. The largest absolute Gasteiger partial charge is 0.481 e. The quantitative estimate of drug-likeness (QED) is 0.759. The SMILES string of the molecule is C=CCCN1CCC(C(=O)O)(C(F)(F)F)C1. The number of carbonyl (C=O) groups is 1. The number of halogens is 3. The van der Waals surface area contributed by atoms with Gasteiger partial charge in [-0.2, -0.15) is 13.2 Å². The molecule has 0 spiro atoms. The number of rotatable bonds is 4. The molecule has 1 saturated heterocycles. The molecule has 1 heterocycles. The highest BCUT2D eigenvalue weighted by atomic mass is 19.4. The molecule has 1 aliphatic heterocycles. The lowest BCUT2D eigenvalue weighted by molar-refractivity contribution is -0.227. The van der Waals surface area contributed by atoms with E-state index in [0.29, 0.717) is 13.0 Å².